The van der Waals surface area contributed by atoms with E-state index < -0.39 is 35.1 Å². The quantitative estimate of drug-likeness (QED) is 0.488. The molecular formula is C21H14F4N2O. The van der Waals surface area contributed by atoms with Crippen molar-refractivity contribution in [3.8, 4) is 0 Å². The molecule has 3 aromatic carbocycles. The second kappa shape index (κ2) is 6.67. The predicted octanol–water partition coefficient (Wildman–Crippen LogP) is 5.32. The molecule has 1 unspecified atom stereocenters. The summed E-state index contributed by atoms with van der Waals surface area (Å²) in [6.07, 6.45) is -1.05. The van der Waals surface area contributed by atoms with Crippen molar-refractivity contribution in [3.05, 3.63) is 94.6 Å². The second-order valence-corrected chi connectivity index (χ2v) is 6.44. The monoisotopic (exact) mass is 386 g/mol. The highest BCUT2D eigenvalue weighted by Crippen LogP contribution is 2.40. The molecule has 1 amide bonds. The minimum Gasteiger partial charge on any atom is -0.356 e. The lowest BCUT2D eigenvalue weighted by atomic mass is 10.1. The summed E-state index contributed by atoms with van der Waals surface area (Å²) in [7, 11) is 0. The van der Waals surface area contributed by atoms with Crippen LogP contribution in [0.1, 0.15) is 27.7 Å². The summed E-state index contributed by atoms with van der Waals surface area (Å²) >= 11 is 0. The number of amides is 1. The van der Waals surface area contributed by atoms with Crippen molar-refractivity contribution in [3.63, 3.8) is 0 Å². The van der Waals surface area contributed by atoms with E-state index in [0.717, 1.165) is 5.56 Å². The number of fused-ring (bicyclic) bond motifs is 1. The number of aryl methyl sites for hydroxylation is 1. The van der Waals surface area contributed by atoms with Gasteiger partial charge in [0.1, 0.15) is 11.9 Å². The first kappa shape index (κ1) is 18.0. The van der Waals surface area contributed by atoms with Crippen LogP contribution < -0.4 is 10.2 Å². The molecular weight excluding hydrogens is 372 g/mol. The molecule has 3 nitrogen and oxygen atoms in total. The molecule has 1 aliphatic rings. The van der Waals surface area contributed by atoms with Crippen molar-refractivity contribution in [1.82, 2.24) is 0 Å². The van der Waals surface area contributed by atoms with Gasteiger partial charge in [-0.2, -0.15) is 0 Å². The van der Waals surface area contributed by atoms with Crippen LogP contribution >= 0.6 is 0 Å². The molecule has 0 aliphatic carbocycles. The number of carbonyl (C=O) groups excluding carboxylic acids is 1. The third-order valence-electron chi connectivity index (χ3n) is 4.73. The van der Waals surface area contributed by atoms with Crippen LogP contribution in [0.25, 0.3) is 0 Å². The number of hydrogen-bond acceptors (Lipinski definition) is 2. The molecule has 1 heterocycles. The molecule has 28 heavy (non-hydrogen) atoms. The average Bonchev–Trinajstić information content (AvgIpc) is 2.96. The van der Waals surface area contributed by atoms with Crippen LogP contribution in [0.4, 0.5) is 28.9 Å². The van der Waals surface area contributed by atoms with Crippen molar-refractivity contribution in [2.24, 2.45) is 0 Å². The first-order valence-corrected chi connectivity index (χ1v) is 8.47. The van der Waals surface area contributed by atoms with Gasteiger partial charge in [0.05, 0.1) is 0 Å². The van der Waals surface area contributed by atoms with Gasteiger partial charge in [-0.05, 0) is 24.6 Å². The van der Waals surface area contributed by atoms with Crippen LogP contribution in [0.5, 0.6) is 0 Å². The molecule has 0 saturated heterocycles. The molecule has 0 fully saturated rings. The SMILES string of the molecule is Cc1ccccc1N1C(=O)c2ccccc2C1Nc1c(F)c(F)cc(F)c1F. The number of benzene rings is 3. The molecule has 1 N–H and O–H groups in total. The Kier molecular flexibility index (Phi) is 4.30. The molecule has 3 aromatic rings. The smallest absolute Gasteiger partial charge is 0.260 e. The van der Waals surface area contributed by atoms with E-state index >= 15 is 0 Å². The number of halogens is 4. The molecule has 7 heteroatoms. The Morgan fingerprint density at radius 3 is 2.18 bits per heavy atom. The van der Waals surface area contributed by atoms with Gasteiger partial charge in [0.25, 0.3) is 5.91 Å². The van der Waals surface area contributed by atoms with E-state index in [1.807, 2.05) is 0 Å². The van der Waals surface area contributed by atoms with Gasteiger partial charge in [0.2, 0.25) is 0 Å². The highest BCUT2D eigenvalue weighted by molar-refractivity contribution is 6.11. The summed E-state index contributed by atoms with van der Waals surface area (Å²) in [5.74, 6) is -6.55. The van der Waals surface area contributed by atoms with Gasteiger partial charge in [-0.25, -0.2) is 17.6 Å². The molecule has 0 saturated carbocycles. The van der Waals surface area contributed by atoms with E-state index in [-0.39, 0.29) is 12.0 Å². The number of carbonyl (C=O) groups is 1. The van der Waals surface area contributed by atoms with Crippen molar-refractivity contribution >= 4 is 17.3 Å². The molecule has 142 valence electrons. The number of nitrogens with one attached hydrogen (secondary N) is 1. The highest BCUT2D eigenvalue weighted by atomic mass is 19.2. The fraction of sp³-hybridized carbons (Fsp3) is 0.0952. The largest absolute Gasteiger partial charge is 0.356 e. The molecule has 4 rings (SSSR count). The Hall–Kier alpha value is -3.35. The predicted molar refractivity (Wildman–Crippen MR) is 97.1 cm³/mol. The minimum absolute atomic E-state index is 0.142. The zero-order valence-electron chi connectivity index (χ0n) is 14.6. The van der Waals surface area contributed by atoms with Gasteiger partial charge in [-0.15, -0.1) is 0 Å². The van der Waals surface area contributed by atoms with Crippen molar-refractivity contribution in [2.45, 2.75) is 13.1 Å². The van der Waals surface area contributed by atoms with E-state index in [2.05, 4.69) is 5.32 Å². The van der Waals surface area contributed by atoms with Crippen LogP contribution in [0.3, 0.4) is 0 Å². The first-order chi connectivity index (χ1) is 13.4. The standard InChI is InChI=1S/C21H14F4N2O/c1-11-6-2-5-9-16(11)27-20(12-7-3-4-8-13(12)21(27)28)26-19-17(24)14(22)10-15(23)18(19)25/h2-10,20,26H,1H3. The summed E-state index contributed by atoms with van der Waals surface area (Å²) in [5.41, 5.74) is 1.08. The molecule has 0 spiro atoms. The summed E-state index contributed by atoms with van der Waals surface area (Å²) in [6, 6.07) is 13.7. The summed E-state index contributed by atoms with van der Waals surface area (Å²) in [6.45, 7) is 1.78. The van der Waals surface area contributed by atoms with Gasteiger partial charge < -0.3 is 5.32 Å². The van der Waals surface area contributed by atoms with Crippen LogP contribution in [0.2, 0.25) is 0 Å². The molecule has 1 atom stereocenters. The van der Waals surface area contributed by atoms with Crippen molar-refractivity contribution < 1.29 is 22.4 Å². The van der Waals surface area contributed by atoms with Gasteiger partial charge in [0.15, 0.2) is 23.3 Å². The van der Waals surface area contributed by atoms with E-state index in [1.54, 1.807) is 55.5 Å². The van der Waals surface area contributed by atoms with Crippen molar-refractivity contribution in [2.75, 3.05) is 10.2 Å². The minimum atomic E-state index is -1.56. The Morgan fingerprint density at radius 2 is 1.50 bits per heavy atom. The second-order valence-electron chi connectivity index (χ2n) is 6.44. The summed E-state index contributed by atoms with van der Waals surface area (Å²) in [4.78, 5) is 14.3. The number of para-hydroxylation sites is 1. The number of anilines is 2. The third-order valence-corrected chi connectivity index (χ3v) is 4.73. The third kappa shape index (κ3) is 2.70. The van der Waals surface area contributed by atoms with Gasteiger partial charge >= 0.3 is 0 Å². The van der Waals surface area contributed by atoms with E-state index in [4.69, 9.17) is 0 Å². The maximum Gasteiger partial charge on any atom is 0.260 e. The van der Waals surface area contributed by atoms with Gasteiger partial charge in [-0.3, -0.25) is 9.69 Å². The molecule has 1 aliphatic heterocycles. The van der Waals surface area contributed by atoms with Crippen molar-refractivity contribution in [1.29, 1.82) is 0 Å². The van der Waals surface area contributed by atoms with Crippen LogP contribution in [-0.4, -0.2) is 5.91 Å². The Bertz CT molecular complexity index is 1070. The van der Waals surface area contributed by atoms with Gasteiger partial charge in [0, 0.05) is 22.9 Å². The topological polar surface area (TPSA) is 32.3 Å². The Morgan fingerprint density at radius 1 is 0.893 bits per heavy atom. The van der Waals surface area contributed by atoms with Crippen LogP contribution in [0.15, 0.2) is 54.6 Å². The molecule has 0 aromatic heterocycles. The maximum atomic E-state index is 14.2. The lowest BCUT2D eigenvalue weighted by Gasteiger charge is -2.28. The maximum absolute atomic E-state index is 14.2. The van der Waals surface area contributed by atoms with Crippen LogP contribution in [0, 0.1) is 30.2 Å². The van der Waals surface area contributed by atoms with Crippen LogP contribution in [-0.2, 0) is 0 Å². The van der Waals surface area contributed by atoms with E-state index in [1.165, 1.54) is 4.90 Å². The summed E-state index contributed by atoms with van der Waals surface area (Å²) < 4.78 is 55.8. The number of hydrogen-bond donors (Lipinski definition) is 1. The lowest BCUT2D eigenvalue weighted by molar-refractivity contribution is 0.0992. The molecule has 0 bridgehead atoms. The average molecular weight is 386 g/mol. The molecule has 0 radical (unpaired) electrons. The first-order valence-electron chi connectivity index (χ1n) is 8.47. The van der Waals surface area contributed by atoms with E-state index in [0.29, 0.717) is 16.8 Å². The highest BCUT2D eigenvalue weighted by Gasteiger charge is 2.39. The lowest BCUT2D eigenvalue weighted by Crippen LogP contribution is -2.33. The Labute approximate surface area is 158 Å². The summed E-state index contributed by atoms with van der Waals surface area (Å²) in [5, 5.41) is 2.50. The fourth-order valence-electron chi connectivity index (χ4n) is 3.38. The normalized spacial score (nSPS) is 15.7. The number of rotatable bonds is 3. The zero-order chi connectivity index (χ0) is 20.0. The van der Waals surface area contributed by atoms with Gasteiger partial charge in [-0.1, -0.05) is 36.4 Å². The Balaban J connectivity index is 1.88. The zero-order valence-corrected chi connectivity index (χ0v) is 14.6. The van der Waals surface area contributed by atoms with E-state index in [9.17, 15) is 22.4 Å². The fourth-order valence-corrected chi connectivity index (χ4v) is 3.38. The number of nitrogens with zero attached hydrogens (tertiary/aromatic N) is 1.